The van der Waals surface area contributed by atoms with Gasteiger partial charge >= 0.3 is 5.97 Å². The van der Waals surface area contributed by atoms with Crippen molar-refractivity contribution in [3.8, 4) is 0 Å². The summed E-state index contributed by atoms with van der Waals surface area (Å²) >= 11 is 0. The molecule has 0 aromatic rings. The van der Waals surface area contributed by atoms with Crippen LogP contribution in [-0.4, -0.2) is 48.8 Å². The van der Waals surface area contributed by atoms with E-state index in [4.69, 9.17) is 9.84 Å². The van der Waals surface area contributed by atoms with Crippen molar-refractivity contribution >= 4 is 5.97 Å². The molecule has 2 atom stereocenters. The third-order valence-corrected chi connectivity index (χ3v) is 4.20. The van der Waals surface area contributed by atoms with Crippen LogP contribution in [0.5, 0.6) is 0 Å². The molecule has 4 nitrogen and oxygen atoms in total. The van der Waals surface area contributed by atoms with Crippen molar-refractivity contribution in [2.75, 3.05) is 26.8 Å². The number of carboxylic acid groups (broad SMARTS) is 1. The van der Waals surface area contributed by atoms with Crippen LogP contribution in [0.1, 0.15) is 32.1 Å². The van der Waals surface area contributed by atoms with E-state index < -0.39 is 5.97 Å². The first-order chi connectivity index (χ1) is 8.18. The number of hydrogen-bond donors (Lipinski definition) is 1. The summed E-state index contributed by atoms with van der Waals surface area (Å²) in [4.78, 5) is 13.3. The Morgan fingerprint density at radius 1 is 1.29 bits per heavy atom. The first kappa shape index (κ1) is 12.8. The third-order valence-electron chi connectivity index (χ3n) is 4.20. The minimum absolute atomic E-state index is 0.0643. The molecule has 0 aromatic heterocycles. The largest absolute Gasteiger partial charge is 0.481 e. The summed E-state index contributed by atoms with van der Waals surface area (Å²) in [5, 5.41) is 9.13. The molecule has 0 amide bonds. The predicted molar refractivity (Wildman–Crippen MR) is 64.9 cm³/mol. The zero-order chi connectivity index (χ0) is 12.3. The van der Waals surface area contributed by atoms with E-state index in [9.17, 15) is 4.79 Å². The summed E-state index contributed by atoms with van der Waals surface area (Å²) in [6.45, 7) is 1.97. The van der Waals surface area contributed by atoms with Crippen LogP contribution in [0.2, 0.25) is 0 Å². The lowest BCUT2D eigenvalue weighted by Crippen LogP contribution is -2.43. The van der Waals surface area contributed by atoms with Crippen molar-refractivity contribution in [2.45, 2.75) is 38.1 Å². The van der Waals surface area contributed by atoms with Crippen molar-refractivity contribution in [1.82, 2.24) is 4.90 Å². The van der Waals surface area contributed by atoms with Gasteiger partial charge in [0, 0.05) is 12.6 Å². The van der Waals surface area contributed by atoms with Crippen LogP contribution in [-0.2, 0) is 9.53 Å². The highest BCUT2D eigenvalue weighted by atomic mass is 16.5. The Morgan fingerprint density at radius 2 is 2.00 bits per heavy atom. The average molecular weight is 241 g/mol. The zero-order valence-corrected chi connectivity index (χ0v) is 10.6. The molecule has 1 saturated carbocycles. The number of carboxylic acids is 1. The molecule has 0 bridgehead atoms. The first-order valence-corrected chi connectivity index (χ1v) is 6.69. The van der Waals surface area contributed by atoms with Crippen LogP contribution in [0.25, 0.3) is 0 Å². The highest BCUT2D eigenvalue weighted by molar-refractivity contribution is 5.71. The maximum atomic E-state index is 11.1. The quantitative estimate of drug-likeness (QED) is 0.812. The maximum absolute atomic E-state index is 11.1. The van der Waals surface area contributed by atoms with Crippen LogP contribution in [0, 0.1) is 11.8 Å². The van der Waals surface area contributed by atoms with Gasteiger partial charge in [-0.3, -0.25) is 9.69 Å². The fraction of sp³-hybridized carbons (Fsp3) is 0.923. The molecule has 1 saturated heterocycles. The smallest absolute Gasteiger partial charge is 0.310 e. The Bertz CT molecular complexity index is 263. The topological polar surface area (TPSA) is 49.8 Å². The molecule has 0 aromatic carbocycles. The van der Waals surface area contributed by atoms with Gasteiger partial charge in [0.15, 0.2) is 0 Å². The van der Waals surface area contributed by atoms with Crippen LogP contribution >= 0.6 is 0 Å². The van der Waals surface area contributed by atoms with E-state index in [1.54, 1.807) is 0 Å². The van der Waals surface area contributed by atoms with Gasteiger partial charge in [-0.1, -0.05) is 19.3 Å². The Balaban J connectivity index is 1.85. The van der Waals surface area contributed by atoms with Gasteiger partial charge in [-0.2, -0.15) is 0 Å². The van der Waals surface area contributed by atoms with Crippen LogP contribution in [0.15, 0.2) is 0 Å². The summed E-state index contributed by atoms with van der Waals surface area (Å²) in [5.41, 5.74) is 0. The summed E-state index contributed by atoms with van der Waals surface area (Å²) < 4.78 is 5.32. The number of hydrogen-bond acceptors (Lipinski definition) is 3. The number of aliphatic carboxylic acids is 1. The van der Waals surface area contributed by atoms with Crippen LogP contribution in [0.4, 0.5) is 0 Å². The van der Waals surface area contributed by atoms with E-state index >= 15 is 0 Å². The van der Waals surface area contributed by atoms with Crippen molar-refractivity contribution < 1.29 is 14.6 Å². The van der Waals surface area contributed by atoms with Crippen molar-refractivity contribution in [3.63, 3.8) is 0 Å². The van der Waals surface area contributed by atoms with Gasteiger partial charge in [0.25, 0.3) is 0 Å². The normalized spacial score (nSPS) is 30.9. The number of nitrogens with zero attached hydrogens (tertiary/aromatic N) is 1. The van der Waals surface area contributed by atoms with Gasteiger partial charge in [-0.05, 0) is 25.8 Å². The lowest BCUT2D eigenvalue weighted by molar-refractivity contribution is -0.143. The zero-order valence-electron chi connectivity index (χ0n) is 10.6. The number of ether oxygens (including phenoxy) is 1. The molecule has 98 valence electrons. The van der Waals surface area contributed by atoms with Crippen LogP contribution < -0.4 is 0 Å². The molecule has 1 heterocycles. The summed E-state index contributed by atoms with van der Waals surface area (Å²) in [6.07, 6.45) is 6.64. The molecule has 2 unspecified atom stereocenters. The standard InChI is InChI=1S/C13H23NO3/c1-14(7-10-5-3-2-4-6-10)12-9-17-8-11(12)13(15)16/h10-12H,2-9H2,1H3,(H,15,16). The van der Waals surface area contributed by atoms with Crippen LogP contribution in [0.3, 0.4) is 0 Å². The third kappa shape index (κ3) is 3.19. The van der Waals surface area contributed by atoms with E-state index in [1.165, 1.54) is 32.1 Å². The van der Waals surface area contributed by atoms with Gasteiger partial charge in [-0.25, -0.2) is 0 Å². The van der Waals surface area contributed by atoms with E-state index in [-0.39, 0.29) is 12.0 Å². The van der Waals surface area contributed by atoms with Crippen molar-refractivity contribution in [2.24, 2.45) is 11.8 Å². The molecule has 1 aliphatic heterocycles. The molecule has 1 N–H and O–H groups in total. The minimum atomic E-state index is -0.719. The molecular weight excluding hydrogens is 218 g/mol. The van der Waals surface area contributed by atoms with Gasteiger partial charge < -0.3 is 9.84 Å². The lowest BCUT2D eigenvalue weighted by atomic mass is 9.88. The summed E-state index contributed by atoms with van der Waals surface area (Å²) in [6, 6.07) is 0.0643. The SMILES string of the molecule is CN(CC1CCCCC1)C1COCC1C(=O)O. The van der Waals surface area contributed by atoms with E-state index in [2.05, 4.69) is 4.90 Å². The molecule has 4 heteroatoms. The molecular formula is C13H23NO3. The lowest BCUT2D eigenvalue weighted by Gasteiger charge is -2.31. The fourth-order valence-electron chi connectivity index (χ4n) is 3.13. The molecule has 2 fully saturated rings. The second-order valence-corrected chi connectivity index (χ2v) is 5.49. The summed E-state index contributed by atoms with van der Waals surface area (Å²) in [7, 11) is 2.05. The van der Waals surface area contributed by atoms with Crippen molar-refractivity contribution in [3.05, 3.63) is 0 Å². The van der Waals surface area contributed by atoms with Gasteiger partial charge in [0.2, 0.25) is 0 Å². The van der Waals surface area contributed by atoms with E-state index in [0.29, 0.717) is 13.2 Å². The second kappa shape index (κ2) is 5.83. The first-order valence-electron chi connectivity index (χ1n) is 6.69. The second-order valence-electron chi connectivity index (χ2n) is 5.49. The predicted octanol–water partition coefficient (Wildman–Crippen LogP) is 1.60. The number of rotatable bonds is 4. The molecule has 0 radical (unpaired) electrons. The summed E-state index contributed by atoms with van der Waals surface area (Å²) in [5.74, 6) is -0.310. The average Bonchev–Trinajstić information content (AvgIpc) is 2.79. The molecule has 0 spiro atoms. The number of likely N-dealkylation sites (N-methyl/N-ethyl adjacent to an activating group) is 1. The Hall–Kier alpha value is -0.610. The molecule has 2 aliphatic rings. The van der Waals surface area contributed by atoms with E-state index in [0.717, 1.165) is 12.5 Å². The van der Waals surface area contributed by atoms with Gasteiger partial charge in [0.1, 0.15) is 0 Å². The van der Waals surface area contributed by atoms with Gasteiger partial charge in [-0.15, -0.1) is 0 Å². The fourth-order valence-corrected chi connectivity index (χ4v) is 3.13. The van der Waals surface area contributed by atoms with Gasteiger partial charge in [0.05, 0.1) is 19.1 Å². The van der Waals surface area contributed by atoms with E-state index in [1.807, 2.05) is 7.05 Å². The Kier molecular flexibility index (Phi) is 4.40. The molecule has 17 heavy (non-hydrogen) atoms. The highest BCUT2D eigenvalue weighted by Gasteiger charge is 2.37. The maximum Gasteiger partial charge on any atom is 0.310 e. The number of carbonyl (C=O) groups is 1. The molecule has 2 rings (SSSR count). The Morgan fingerprint density at radius 3 is 2.65 bits per heavy atom. The highest BCUT2D eigenvalue weighted by Crippen LogP contribution is 2.26. The molecule has 1 aliphatic carbocycles. The monoisotopic (exact) mass is 241 g/mol. The Labute approximate surface area is 103 Å². The van der Waals surface area contributed by atoms with Crippen molar-refractivity contribution in [1.29, 1.82) is 0 Å². The minimum Gasteiger partial charge on any atom is -0.481 e.